The number of nitrogens with zero attached hydrogens (tertiary/aromatic N) is 2. The lowest BCUT2D eigenvalue weighted by molar-refractivity contribution is 0.486. The van der Waals surface area contributed by atoms with Crippen LogP contribution in [0.3, 0.4) is 0 Å². The van der Waals surface area contributed by atoms with Crippen molar-refractivity contribution in [2.45, 2.75) is 52.0 Å². The first-order valence-corrected chi connectivity index (χ1v) is 7.44. The van der Waals surface area contributed by atoms with E-state index < -0.39 is 0 Å². The smallest absolute Gasteiger partial charge is 0.201 e. The van der Waals surface area contributed by atoms with Crippen molar-refractivity contribution in [3.05, 3.63) is 23.2 Å². The fraction of sp³-hybridized carbons (Fsp3) is 0.533. The second-order valence-corrected chi connectivity index (χ2v) is 5.61. The number of anilines is 1. The molecule has 2 rings (SSSR count). The van der Waals surface area contributed by atoms with Crippen LogP contribution >= 0.6 is 11.6 Å². The zero-order valence-corrected chi connectivity index (χ0v) is 12.5. The predicted molar refractivity (Wildman–Crippen MR) is 82.6 cm³/mol. The second-order valence-electron chi connectivity index (χ2n) is 5.17. The van der Waals surface area contributed by atoms with Gasteiger partial charge in [-0.1, -0.05) is 44.2 Å². The third-order valence-corrected chi connectivity index (χ3v) is 3.83. The Morgan fingerprint density at radius 1 is 1.32 bits per heavy atom. The van der Waals surface area contributed by atoms with Crippen LogP contribution in [0.25, 0.3) is 11.0 Å². The molecule has 0 saturated carbocycles. The molecule has 1 aromatic carbocycles. The van der Waals surface area contributed by atoms with Gasteiger partial charge in [0.25, 0.3) is 0 Å². The fourth-order valence-corrected chi connectivity index (χ4v) is 2.71. The Bertz CT molecular complexity index is 548. The molecule has 0 fully saturated rings. The lowest BCUT2D eigenvalue weighted by atomic mass is 10.1. The highest BCUT2D eigenvalue weighted by Crippen LogP contribution is 2.27. The number of aromatic nitrogens is 2. The molecule has 1 atom stereocenters. The molecule has 0 aliphatic carbocycles. The minimum Gasteiger partial charge on any atom is -0.369 e. The first kappa shape index (κ1) is 14.2. The van der Waals surface area contributed by atoms with Crippen LogP contribution in [-0.2, 0) is 0 Å². The standard InChI is InChI=1S/C15H22ClN3/c1-3-4-5-6-7-11(2)19-14-10-12(16)8-9-13(14)18-15(19)17/h8-11H,3-7H2,1-2H3,(H2,17,18). The summed E-state index contributed by atoms with van der Waals surface area (Å²) in [7, 11) is 0. The summed E-state index contributed by atoms with van der Waals surface area (Å²) in [4.78, 5) is 4.40. The third kappa shape index (κ3) is 3.21. The lowest BCUT2D eigenvalue weighted by Crippen LogP contribution is -2.08. The maximum Gasteiger partial charge on any atom is 0.201 e. The van der Waals surface area contributed by atoms with Gasteiger partial charge in [-0.3, -0.25) is 0 Å². The van der Waals surface area contributed by atoms with Gasteiger partial charge in [0.15, 0.2) is 0 Å². The van der Waals surface area contributed by atoms with E-state index in [1.54, 1.807) is 0 Å². The van der Waals surface area contributed by atoms with Crippen LogP contribution in [0, 0.1) is 0 Å². The molecule has 0 radical (unpaired) electrons. The molecule has 0 amide bonds. The van der Waals surface area contributed by atoms with Gasteiger partial charge in [0, 0.05) is 11.1 Å². The highest BCUT2D eigenvalue weighted by molar-refractivity contribution is 6.31. The summed E-state index contributed by atoms with van der Waals surface area (Å²) in [6.45, 7) is 4.43. The van der Waals surface area contributed by atoms with Crippen LogP contribution < -0.4 is 5.73 Å². The molecular weight excluding hydrogens is 258 g/mol. The number of rotatable bonds is 6. The van der Waals surface area contributed by atoms with E-state index in [0.717, 1.165) is 22.5 Å². The monoisotopic (exact) mass is 279 g/mol. The van der Waals surface area contributed by atoms with Crippen molar-refractivity contribution in [2.24, 2.45) is 0 Å². The first-order valence-electron chi connectivity index (χ1n) is 7.06. The number of unbranched alkanes of at least 4 members (excludes halogenated alkanes) is 3. The molecule has 1 aromatic heterocycles. The van der Waals surface area contributed by atoms with Gasteiger partial charge >= 0.3 is 0 Å². The van der Waals surface area contributed by atoms with Crippen molar-refractivity contribution in [3.8, 4) is 0 Å². The van der Waals surface area contributed by atoms with E-state index in [4.69, 9.17) is 17.3 Å². The number of nitrogen functional groups attached to an aromatic ring is 1. The molecule has 1 unspecified atom stereocenters. The zero-order chi connectivity index (χ0) is 13.8. The summed E-state index contributed by atoms with van der Waals surface area (Å²) < 4.78 is 2.10. The van der Waals surface area contributed by atoms with Crippen molar-refractivity contribution >= 4 is 28.6 Å². The average Bonchev–Trinajstić information content (AvgIpc) is 2.70. The summed E-state index contributed by atoms with van der Waals surface area (Å²) in [6, 6.07) is 6.09. The third-order valence-electron chi connectivity index (χ3n) is 3.60. The molecule has 4 heteroatoms. The molecule has 1 heterocycles. The number of hydrogen-bond donors (Lipinski definition) is 1. The van der Waals surface area contributed by atoms with Gasteiger partial charge in [0.05, 0.1) is 11.0 Å². The van der Waals surface area contributed by atoms with Gasteiger partial charge in [0.1, 0.15) is 0 Å². The minimum absolute atomic E-state index is 0.361. The average molecular weight is 280 g/mol. The highest BCUT2D eigenvalue weighted by Gasteiger charge is 2.13. The Hall–Kier alpha value is -1.22. The quantitative estimate of drug-likeness (QED) is 0.772. The second kappa shape index (κ2) is 6.29. The van der Waals surface area contributed by atoms with E-state index in [1.165, 1.54) is 25.7 Å². The van der Waals surface area contributed by atoms with Crippen molar-refractivity contribution in [3.63, 3.8) is 0 Å². The van der Waals surface area contributed by atoms with Crippen LogP contribution in [0.4, 0.5) is 5.95 Å². The maximum atomic E-state index is 6.07. The van der Waals surface area contributed by atoms with Crippen LogP contribution in [0.15, 0.2) is 18.2 Å². The van der Waals surface area contributed by atoms with Crippen LogP contribution in [0.1, 0.15) is 52.0 Å². The van der Waals surface area contributed by atoms with Gasteiger partial charge in [-0.25, -0.2) is 4.98 Å². The molecule has 0 aliphatic heterocycles. The Morgan fingerprint density at radius 3 is 2.84 bits per heavy atom. The lowest BCUT2D eigenvalue weighted by Gasteiger charge is -2.16. The molecule has 2 aromatic rings. The predicted octanol–water partition coefficient (Wildman–Crippen LogP) is 4.80. The van der Waals surface area contributed by atoms with Crippen LogP contribution in [0.5, 0.6) is 0 Å². The summed E-state index contributed by atoms with van der Waals surface area (Å²) >= 11 is 6.07. The van der Waals surface area contributed by atoms with Gasteiger partial charge in [-0.15, -0.1) is 0 Å². The summed E-state index contributed by atoms with van der Waals surface area (Å²) in [5, 5.41) is 0.729. The Labute approximate surface area is 119 Å². The highest BCUT2D eigenvalue weighted by atomic mass is 35.5. The number of fused-ring (bicyclic) bond motifs is 1. The molecule has 19 heavy (non-hydrogen) atoms. The number of hydrogen-bond acceptors (Lipinski definition) is 2. The van der Waals surface area contributed by atoms with Gasteiger partial charge < -0.3 is 10.3 Å². The maximum absolute atomic E-state index is 6.07. The van der Waals surface area contributed by atoms with E-state index >= 15 is 0 Å². The van der Waals surface area contributed by atoms with Gasteiger partial charge in [0.2, 0.25) is 5.95 Å². The number of benzene rings is 1. The minimum atomic E-state index is 0.361. The zero-order valence-electron chi connectivity index (χ0n) is 11.7. The first-order chi connectivity index (χ1) is 9.13. The van der Waals surface area contributed by atoms with Crippen LogP contribution in [-0.4, -0.2) is 9.55 Å². The molecule has 0 spiro atoms. The van der Waals surface area contributed by atoms with Gasteiger partial charge in [-0.05, 0) is 31.5 Å². The normalized spacial score (nSPS) is 13.0. The van der Waals surface area contributed by atoms with E-state index in [2.05, 4.69) is 23.4 Å². The van der Waals surface area contributed by atoms with Crippen molar-refractivity contribution < 1.29 is 0 Å². The molecule has 3 nitrogen and oxygen atoms in total. The topological polar surface area (TPSA) is 43.8 Å². The molecule has 0 saturated heterocycles. The molecular formula is C15H22ClN3. The van der Waals surface area contributed by atoms with Crippen LogP contribution in [0.2, 0.25) is 5.02 Å². The molecule has 2 N–H and O–H groups in total. The van der Waals surface area contributed by atoms with E-state index in [-0.39, 0.29) is 0 Å². The van der Waals surface area contributed by atoms with Crippen molar-refractivity contribution in [1.82, 2.24) is 9.55 Å². The summed E-state index contributed by atoms with van der Waals surface area (Å²) in [6.07, 6.45) is 6.21. The van der Waals surface area contributed by atoms with Gasteiger partial charge in [-0.2, -0.15) is 0 Å². The molecule has 0 bridgehead atoms. The van der Waals surface area contributed by atoms with Crippen molar-refractivity contribution in [1.29, 1.82) is 0 Å². The number of nitrogens with two attached hydrogens (primary N) is 1. The Morgan fingerprint density at radius 2 is 2.11 bits per heavy atom. The van der Waals surface area contributed by atoms with E-state index in [1.807, 2.05) is 18.2 Å². The fourth-order valence-electron chi connectivity index (χ4n) is 2.54. The molecule has 104 valence electrons. The van der Waals surface area contributed by atoms with E-state index in [0.29, 0.717) is 12.0 Å². The largest absolute Gasteiger partial charge is 0.369 e. The summed E-state index contributed by atoms with van der Waals surface area (Å²) in [5.41, 5.74) is 8.00. The summed E-state index contributed by atoms with van der Waals surface area (Å²) in [5.74, 6) is 0.584. The van der Waals surface area contributed by atoms with E-state index in [9.17, 15) is 0 Å². The number of imidazole rings is 1. The van der Waals surface area contributed by atoms with Crippen molar-refractivity contribution in [2.75, 3.05) is 5.73 Å². The molecule has 0 aliphatic rings. The SMILES string of the molecule is CCCCCCC(C)n1c(N)nc2ccc(Cl)cc21. The Balaban J connectivity index is 2.18. The number of halogens is 1. The Kier molecular flexibility index (Phi) is 4.70.